The Labute approximate surface area is 33.7 Å². The molecule has 0 saturated heterocycles. The van der Waals surface area contributed by atoms with Crippen LogP contribution in [0.3, 0.4) is 0 Å². The lowest BCUT2D eigenvalue weighted by Crippen LogP contribution is -1.61. The van der Waals surface area contributed by atoms with Crippen molar-refractivity contribution in [3.63, 3.8) is 0 Å². The van der Waals surface area contributed by atoms with E-state index in [0.29, 0.717) is 0 Å². The van der Waals surface area contributed by atoms with E-state index >= 15 is 0 Å². The molecule has 2 heteroatoms. The van der Waals surface area contributed by atoms with Crippen LogP contribution in [0.15, 0.2) is 11.8 Å². The van der Waals surface area contributed by atoms with Crippen LogP contribution >= 0.6 is 0 Å². The molecule has 0 unspecified atom stereocenters. The first kappa shape index (κ1) is 4.89. The number of hydrogen-bond donors (Lipinski definition) is 0. The molecule has 0 aliphatic heterocycles. The first-order chi connectivity index (χ1) is 2.41. The van der Waals surface area contributed by atoms with Gasteiger partial charge in [-0.2, -0.15) is 0 Å². The predicted molar refractivity (Wildman–Crippen MR) is 24.5 cm³/mol. The molecule has 0 N–H and O–H groups in total. The van der Waals surface area contributed by atoms with Crippen molar-refractivity contribution in [1.29, 1.82) is 0 Å². The second kappa shape index (κ2) is 3.89. The highest BCUT2D eigenvalue weighted by Gasteiger charge is 1.60. The molecular weight excluding hydrogens is 83.1 g/mol. The molecule has 0 aromatic rings. The Bertz CT molecular complexity index is 33.9. The van der Waals surface area contributed by atoms with Gasteiger partial charge >= 0.3 is 0 Å². The first-order valence-electron chi connectivity index (χ1n) is 1.59. The van der Waals surface area contributed by atoms with E-state index < -0.39 is 9.85 Å². The summed E-state index contributed by atoms with van der Waals surface area (Å²) < 4.78 is 11.0. The van der Waals surface area contributed by atoms with E-state index in [1.54, 1.807) is 11.8 Å². The molecule has 0 radical (unpaired) electrons. The van der Waals surface area contributed by atoms with Gasteiger partial charge in [-0.1, -0.05) is 11.8 Å². The molecule has 0 aliphatic carbocycles. The van der Waals surface area contributed by atoms with Crippen molar-refractivity contribution in [2.45, 2.75) is 6.92 Å². The molecule has 0 aromatic carbocycles. The fraction of sp³-hybridized carbons (Fsp3) is 0.333. The molecule has 0 rings (SSSR count). The zero-order valence-corrected chi connectivity index (χ0v) is 4.65. The number of rotatable bonds is 1. The normalized spacial score (nSPS) is 12.4. The Morgan fingerprint density at radius 1 is 1.80 bits per heavy atom. The SMILES string of the molecule is CC=C[SiH2]F. The smallest absolute Gasteiger partial charge is 0.240 e. The summed E-state index contributed by atoms with van der Waals surface area (Å²) >= 11 is 0. The lowest BCUT2D eigenvalue weighted by atomic mass is 10.8. The molecule has 0 bridgehead atoms. The highest BCUT2D eigenvalue weighted by Crippen LogP contribution is 1.63. The van der Waals surface area contributed by atoms with Gasteiger partial charge in [-0.15, -0.1) is 0 Å². The van der Waals surface area contributed by atoms with Crippen molar-refractivity contribution in [3.05, 3.63) is 11.8 Å². The molecule has 0 atom stereocenters. The summed E-state index contributed by atoms with van der Waals surface area (Å²) in [6.07, 6.45) is 1.74. The highest BCUT2D eigenvalue weighted by atomic mass is 28.3. The third-order valence-electron chi connectivity index (χ3n) is 0.325. The number of hydrogen-bond acceptors (Lipinski definition) is 0. The maximum absolute atomic E-state index is 11.0. The topological polar surface area (TPSA) is 0 Å². The van der Waals surface area contributed by atoms with Gasteiger partial charge in [0, 0.05) is 0 Å². The van der Waals surface area contributed by atoms with Gasteiger partial charge in [0.1, 0.15) is 0 Å². The molecule has 0 aromatic heterocycles. The minimum atomic E-state index is -1.27. The van der Waals surface area contributed by atoms with E-state index in [1.807, 2.05) is 6.92 Å². The molecule has 0 amide bonds. The van der Waals surface area contributed by atoms with Crippen molar-refractivity contribution >= 4 is 9.85 Å². The van der Waals surface area contributed by atoms with Crippen molar-refractivity contribution in [1.82, 2.24) is 0 Å². The molecule has 30 valence electrons. The van der Waals surface area contributed by atoms with Gasteiger partial charge in [0.2, 0.25) is 9.85 Å². The van der Waals surface area contributed by atoms with Crippen LogP contribution < -0.4 is 0 Å². The Balaban J connectivity index is 2.62. The average molecular weight is 90.2 g/mol. The molecule has 0 saturated carbocycles. The van der Waals surface area contributed by atoms with Gasteiger partial charge in [0.15, 0.2) is 0 Å². The minimum Gasteiger partial charge on any atom is -0.317 e. The van der Waals surface area contributed by atoms with E-state index in [2.05, 4.69) is 0 Å². The van der Waals surface area contributed by atoms with E-state index in [0.717, 1.165) is 0 Å². The van der Waals surface area contributed by atoms with Gasteiger partial charge < -0.3 is 4.11 Å². The summed E-state index contributed by atoms with van der Waals surface area (Å²) in [5.74, 6) is 0. The third-order valence-corrected chi connectivity index (χ3v) is 0.974. The van der Waals surface area contributed by atoms with Crippen molar-refractivity contribution in [2.24, 2.45) is 0 Å². The lowest BCUT2D eigenvalue weighted by Gasteiger charge is -1.60. The molecule has 5 heavy (non-hydrogen) atoms. The van der Waals surface area contributed by atoms with E-state index in [-0.39, 0.29) is 0 Å². The Morgan fingerprint density at radius 2 is 2.40 bits per heavy atom. The standard InChI is InChI=1S/C3H7FSi/c1-2-3-5-4/h2-3H,5H2,1H3. The average Bonchev–Trinajstić information content (AvgIpc) is 1.41. The van der Waals surface area contributed by atoms with Crippen LogP contribution in [0.4, 0.5) is 4.11 Å². The number of halogens is 1. The maximum Gasteiger partial charge on any atom is 0.240 e. The Hall–Kier alpha value is -0.113. The van der Waals surface area contributed by atoms with Crippen LogP contribution in [-0.4, -0.2) is 9.85 Å². The lowest BCUT2D eigenvalue weighted by molar-refractivity contribution is 0.883. The summed E-state index contributed by atoms with van der Waals surface area (Å²) in [4.78, 5) is 0. The van der Waals surface area contributed by atoms with Crippen LogP contribution in [0.5, 0.6) is 0 Å². The van der Waals surface area contributed by atoms with E-state index in [1.165, 1.54) is 0 Å². The second-order valence-electron chi connectivity index (χ2n) is 0.723. The summed E-state index contributed by atoms with van der Waals surface area (Å²) in [6.45, 7) is 1.83. The summed E-state index contributed by atoms with van der Waals surface area (Å²) in [6, 6.07) is 0. The summed E-state index contributed by atoms with van der Waals surface area (Å²) in [5.41, 5.74) is 1.60. The van der Waals surface area contributed by atoms with E-state index in [9.17, 15) is 4.11 Å². The zero-order valence-electron chi connectivity index (χ0n) is 3.24. The monoisotopic (exact) mass is 90.0 g/mol. The Kier molecular flexibility index (Phi) is 3.80. The van der Waals surface area contributed by atoms with Crippen molar-refractivity contribution in [3.8, 4) is 0 Å². The molecule has 0 fully saturated rings. The van der Waals surface area contributed by atoms with Gasteiger partial charge in [0.05, 0.1) is 0 Å². The molecule has 0 aliphatic rings. The Morgan fingerprint density at radius 3 is 2.40 bits per heavy atom. The van der Waals surface area contributed by atoms with Gasteiger partial charge in [-0.05, 0) is 6.92 Å². The minimum absolute atomic E-state index is 1.27. The van der Waals surface area contributed by atoms with Gasteiger partial charge in [-0.25, -0.2) is 0 Å². The predicted octanol–water partition coefficient (Wildman–Crippen LogP) is 0.573. The van der Waals surface area contributed by atoms with Crippen molar-refractivity contribution < 1.29 is 4.11 Å². The van der Waals surface area contributed by atoms with Crippen LogP contribution in [-0.2, 0) is 0 Å². The molecule has 0 nitrogen and oxygen atoms in total. The summed E-state index contributed by atoms with van der Waals surface area (Å²) in [5, 5.41) is 0. The van der Waals surface area contributed by atoms with Crippen LogP contribution in [0.2, 0.25) is 0 Å². The first-order valence-corrected chi connectivity index (χ1v) is 2.94. The second-order valence-corrected chi connectivity index (χ2v) is 1.50. The van der Waals surface area contributed by atoms with Crippen LogP contribution in [0, 0.1) is 0 Å². The van der Waals surface area contributed by atoms with Crippen LogP contribution in [0.1, 0.15) is 6.92 Å². The number of allylic oxidation sites excluding steroid dienone is 1. The van der Waals surface area contributed by atoms with E-state index in [4.69, 9.17) is 0 Å². The third kappa shape index (κ3) is 3.89. The van der Waals surface area contributed by atoms with Crippen molar-refractivity contribution in [2.75, 3.05) is 0 Å². The largest absolute Gasteiger partial charge is 0.317 e. The zero-order chi connectivity index (χ0) is 4.12. The van der Waals surface area contributed by atoms with Crippen LogP contribution in [0.25, 0.3) is 0 Å². The van der Waals surface area contributed by atoms with Gasteiger partial charge in [-0.3, -0.25) is 0 Å². The maximum atomic E-state index is 11.0. The van der Waals surface area contributed by atoms with Gasteiger partial charge in [0.25, 0.3) is 0 Å². The fourth-order valence-corrected chi connectivity index (χ4v) is 0.267. The highest BCUT2D eigenvalue weighted by molar-refractivity contribution is 6.33. The quantitative estimate of drug-likeness (QED) is 0.326. The molecular formula is C3H7FSi. The fourth-order valence-electron chi connectivity index (χ4n) is 0.0891. The molecule has 0 spiro atoms. The molecule has 0 heterocycles. The summed E-state index contributed by atoms with van der Waals surface area (Å²) in [7, 11) is -1.27.